The summed E-state index contributed by atoms with van der Waals surface area (Å²) < 4.78 is 6.02. The normalized spacial score (nSPS) is 15.7. The van der Waals surface area contributed by atoms with Gasteiger partial charge in [0.15, 0.2) is 0 Å². The van der Waals surface area contributed by atoms with Crippen molar-refractivity contribution in [2.75, 3.05) is 0 Å². The van der Waals surface area contributed by atoms with Gasteiger partial charge in [-0.2, -0.15) is 0 Å². The van der Waals surface area contributed by atoms with Crippen LogP contribution in [0.25, 0.3) is 17.8 Å². The molecule has 1 aliphatic heterocycles. The lowest BCUT2D eigenvalue weighted by Crippen LogP contribution is -2.19. The van der Waals surface area contributed by atoms with Gasteiger partial charge in [-0.25, -0.2) is 4.99 Å². The summed E-state index contributed by atoms with van der Waals surface area (Å²) in [4.78, 5) is 11.5. The number of H-pyrrole nitrogens is 2. The molecule has 27 heavy (non-hydrogen) atoms. The number of hydrogen-bond donors (Lipinski definition) is 3. The molecule has 1 aromatic carbocycles. The SMILES string of the molecule is Cc1cc(C)c(/C=c2\[nH]c(=C3C=c4ccc(O)cc4=N3)cc2OC(C)C)[nH]1. The van der Waals surface area contributed by atoms with E-state index in [9.17, 15) is 5.11 Å². The number of nitrogens with zero attached hydrogens (tertiary/aromatic N) is 1. The van der Waals surface area contributed by atoms with Crippen LogP contribution in [0, 0.1) is 13.8 Å². The van der Waals surface area contributed by atoms with Gasteiger partial charge >= 0.3 is 0 Å². The molecular weight excluding hydrogens is 338 g/mol. The molecule has 0 radical (unpaired) electrons. The number of aryl methyl sites for hydroxylation is 2. The molecule has 0 saturated heterocycles. The lowest BCUT2D eigenvalue weighted by atomic mass is 10.2. The maximum atomic E-state index is 9.67. The highest BCUT2D eigenvalue weighted by atomic mass is 16.5. The van der Waals surface area contributed by atoms with Crippen LogP contribution in [0.3, 0.4) is 0 Å². The summed E-state index contributed by atoms with van der Waals surface area (Å²) in [7, 11) is 0. The average Bonchev–Trinajstić information content (AvgIpc) is 3.25. The van der Waals surface area contributed by atoms with Crippen molar-refractivity contribution in [3.05, 3.63) is 68.6 Å². The van der Waals surface area contributed by atoms with E-state index in [0.29, 0.717) is 0 Å². The Labute approximate surface area is 157 Å². The van der Waals surface area contributed by atoms with Crippen LogP contribution in [-0.4, -0.2) is 21.2 Å². The van der Waals surface area contributed by atoms with Crippen molar-refractivity contribution >= 4 is 17.8 Å². The van der Waals surface area contributed by atoms with Crippen LogP contribution < -0.4 is 26.0 Å². The fourth-order valence-electron chi connectivity index (χ4n) is 3.29. The first kappa shape index (κ1) is 17.2. The van der Waals surface area contributed by atoms with Gasteiger partial charge in [-0.1, -0.05) is 0 Å². The molecule has 1 aliphatic rings. The molecule has 3 heterocycles. The van der Waals surface area contributed by atoms with E-state index >= 15 is 0 Å². The van der Waals surface area contributed by atoms with E-state index in [-0.39, 0.29) is 11.9 Å². The van der Waals surface area contributed by atoms with Crippen molar-refractivity contribution in [2.24, 2.45) is 4.99 Å². The minimum atomic E-state index is 0.0657. The highest BCUT2D eigenvalue weighted by molar-refractivity contribution is 5.77. The maximum Gasteiger partial charge on any atom is 0.145 e. The van der Waals surface area contributed by atoms with Crippen molar-refractivity contribution in [3.8, 4) is 11.5 Å². The minimum absolute atomic E-state index is 0.0657. The summed E-state index contributed by atoms with van der Waals surface area (Å²) in [6.07, 6.45) is 4.14. The number of hydrogen-bond acceptors (Lipinski definition) is 3. The van der Waals surface area contributed by atoms with E-state index in [1.54, 1.807) is 12.1 Å². The molecule has 0 spiro atoms. The number of nitrogens with one attached hydrogen (secondary N) is 2. The molecule has 2 aromatic heterocycles. The van der Waals surface area contributed by atoms with E-state index in [1.165, 1.54) is 5.56 Å². The van der Waals surface area contributed by atoms with Crippen LogP contribution in [-0.2, 0) is 0 Å². The van der Waals surface area contributed by atoms with Gasteiger partial charge < -0.3 is 19.8 Å². The number of fused-ring (bicyclic) bond motifs is 1. The molecule has 3 aromatic rings. The van der Waals surface area contributed by atoms with Crippen LogP contribution in [0.2, 0.25) is 0 Å². The van der Waals surface area contributed by atoms with Crippen molar-refractivity contribution in [1.29, 1.82) is 0 Å². The monoisotopic (exact) mass is 361 g/mol. The van der Waals surface area contributed by atoms with Gasteiger partial charge in [0.2, 0.25) is 0 Å². The molecule has 5 nitrogen and oxygen atoms in total. The van der Waals surface area contributed by atoms with Crippen molar-refractivity contribution in [3.63, 3.8) is 0 Å². The van der Waals surface area contributed by atoms with Crippen molar-refractivity contribution < 1.29 is 9.84 Å². The highest BCUT2D eigenvalue weighted by Gasteiger charge is 2.09. The van der Waals surface area contributed by atoms with Crippen LogP contribution in [0.1, 0.15) is 30.8 Å². The number of phenols is 1. The molecule has 5 heteroatoms. The second-order valence-corrected chi connectivity index (χ2v) is 7.21. The van der Waals surface area contributed by atoms with Gasteiger partial charge in [-0.3, -0.25) is 0 Å². The Morgan fingerprint density at radius 3 is 2.63 bits per heavy atom. The Hall–Kier alpha value is -3.21. The molecular formula is C22H23N3O2. The lowest BCUT2D eigenvalue weighted by Gasteiger charge is -2.06. The number of benzene rings is 1. The molecule has 4 rings (SSSR count). The van der Waals surface area contributed by atoms with Gasteiger partial charge in [0, 0.05) is 28.7 Å². The van der Waals surface area contributed by atoms with Crippen molar-refractivity contribution in [1.82, 2.24) is 9.97 Å². The minimum Gasteiger partial charge on any atom is -0.508 e. The summed E-state index contributed by atoms with van der Waals surface area (Å²) in [6, 6.07) is 9.32. The van der Waals surface area contributed by atoms with Crippen LogP contribution >= 0.6 is 0 Å². The summed E-state index contributed by atoms with van der Waals surface area (Å²) in [6.45, 7) is 8.15. The third-order valence-corrected chi connectivity index (χ3v) is 4.47. The summed E-state index contributed by atoms with van der Waals surface area (Å²) >= 11 is 0. The summed E-state index contributed by atoms with van der Waals surface area (Å²) in [5, 5.41) is 13.2. The second kappa shape index (κ2) is 6.50. The Balaban J connectivity index is 1.92. The number of aromatic hydroxyl groups is 1. The zero-order valence-corrected chi connectivity index (χ0v) is 15.9. The standard InChI is InChI=1S/C22H23N3O2/c1-12(2)27-22-11-20(19-8-15-5-6-16(26)9-18(15)24-19)25-21(22)10-17-13(3)7-14(4)23-17/h5-12,23,25-26H,1-4H3/b20-19?,21-10-. The smallest absolute Gasteiger partial charge is 0.145 e. The Morgan fingerprint density at radius 2 is 1.93 bits per heavy atom. The molecule has 0 amide bonds. The van der Waals surface area contributed by atoms with Gasteiger partial charge in [-0.15, -0.1) is 0 Å². The van der Waals surface area contributed by atoms with E-state index in [0.717, 1.165) is 44.1 Å². The highest BCUT2D eigenvalue weighted by Crippen LogP contribution is 2.11. The molecule has 0 bridgehead atoms. The summed E-state index contributed by atoms with van der Waals surface area (Å²) in [5.41, 5.74) is 4.19. The predicted molar refractivity (Wildman–Crippen MR) is 106 cm³/mol. The topological polar surface area (TPSA) is 73.4 Å². The Morgan fingerprint density at radius 1 is 1.11 bits per heavy atom. The number of phenolic OH excluding ortho intramolecular Hbond substituents is 1. The van der Waals surface area contributed by atoms with Gasteiger partial charge in [-0.05, 0) is 63.6 Å². The van der Waals surface area contributed by atoms with Crippen LogP contribution in [0.15, 0.2) is 35.3 Å². The Kier molecular flexibility index (Phi) is 4.15. The third kappa shape index (κ3) is 3.40. The zero-order chi connectivity index (χ0) is 19.1. The molecule has 3 N–H and O–H groups in total. The Bertz CT molecular complexity index is 1260. The number of aromatic nitrogens is 2. The van der Waals surface area contributed by atoms with Crippen LogP contribution in [0.4, 0.5) is 0 Å². The third-order valence-electron chi connectivity index (χ3n) is 4.47. The number of aromatic amines is 2. The predicted octanol–water partition coefficient (Wildman–Crippen LogP) is 1.50. The van der Waals surface area contributed by atoms with Crippen molar-refractivity contribution in [2.45, 2.75) is 33.8 Å². The first-order chi connectivity index (χ1) is 12.9. The van der Waals surface area contributed by atoms with E-state index in [4.69, 9.17) is 4.74 Å². The summed E-state index contributed by atoms with van der Waals surface area (Å²) in [5.74, 6) is 1.01. The van der Waals surface area contributed by atoms with E-state index < -0.39 is 0 Å². The first-order valence-corrected chi connectivity index (χ1v) is 9.06. The quantitative estimate of drug-likeness (QED) is 0.662. The zero-order valence-electron chi connectivity index (χ0n) is 15.9. The van der Waals surface area contributed by atoms with E-state index in [1.807, 2.05) is 39.0 Å². The molecule has 138 valence electrons. The average molecular weight is 361 g/mol. The molecule has 0 unspecified atom stereocenters. The van der Waals surface area contributed by atoms with Gasteiger partial charge in [0.1, 0.15) is 11.5 Å². The largest absolute Gasteiger partial charge is 0.508 e. The van der Waals surface area contributed by atoms with Gasteiger partial charge in [0.25, 0.3) is 0 Å². The molecule has 0 fully saturated rings. The molecule has 0 aliphatic carbocycles. The lowest BCUT2D eigenvalue weighted by molar-refractivity contribution is 0.240. The second-order valence-electron chi connectivity index (χ2n) is 7.21. The molecule has 0 saturated carbocycles. The fraction of sp³-hybridized carbons (Fsp3) is 0.227. The number of rotatable bonds is 3. The number of ether oxygens (including phenoxy) is 1. The van der Waals surface area contributed by atoms with Gasteiger partial charge in [0.05, 0.1) is 27.9 Å². The fourth-order valence-corrected chi connectivity index (χ4v) is 3.29. The van der Waals surface area contributed by atoms with E-state index in [2.05, 4.69) is 34.0 Å². The maximum absolute atomic E-state index is 9.67. The first-order valence-electron chi connectivity index (χ1n) is 9.06. The molecule has 0 atom stereocenters. The van der Waals surface area contributed by atoms with Crippen LogP contribution in [0.5, 0.6) is 11.5 Å².